The Balaban J connectivity index is 1.79. The van der Waals surface area contributed by atoms with E-state index in [1.54, 1.807) is 6.07 Å². The van der Waals surface area contributed by atoms with Gasteiger partial charge in [0.05, 0.1) is 17.0 Å². The number of halogens is 1. The van der Waals surface area contributed by atoms with Crippen molar-refractivity contribution in [3.63, 3.8) is 0 Å². The highest BCUT2D eigenvalue weighted by molar-refractivity contribution is 7.84. The van der Waals surface area contributed by atoms with Crippen LogP contribution >= 0.6 is 11.6 Å². The molecule has 1 aliphatic heterocycles. The van der Waals surface area contributed by atoms with E-state index < -0.39 is 10.8 Å². The van der Waals surface area contributed by atoms with Crippen molar-refractivity contribution in [1.29, 1.82) is 0 Å². The third-order valence-electron chi connectivity index (χ3n) is 3.68. The quantitative estimate of drug-likeness (QED) is 0.945. The van der Waals surface area contributed by atoms with Gasteiger partial charge in [0.2, 0.25) is 0 Å². The molecular weight excluding hydrogens is 306 g/mol. The van der Waals surface area contributed by atoms with Gasteiger partial charge in [0.15, 0.2) is 0 Å². The molecule has 110 valence electrons. The second-order valence-corrected chi connectivity index (χ2v) is 7.09. The van der Waals surface area contributed by atoms with Gasteiger partial charge in [-0.05, 0) is 17.7 Å². The Bertz CT molecular complexity index is 677. The lowest BCUT2D eigenvalue weighted by atomic mass is 10.0. The van der Waals surface area contributed by atoms with Crippen LogP contribution in [-0.2, 0) is 16.6 Å². The lowest BCUT2D eigenvalue weighted by molar-refractivity contribution is 0.273. The average molecular weight is 322 g/mol. The molecule has 0 aromatic heterocycles. The van der Waals surface area contributed by atoms with E-state index in [0.717, 1.165) is 16.9 Å². The second kappa shape index (κ2) is 6.18. The van der Waals surface area contributed by atoms with E-state index in [2.05, 4.69) is 0 Å². The Morgan fingerprint density at radius 1 is 1.19 bits per heavy atom. The van der Waals surface area contributed by atoms with Gasteiger partial charge in [-0.3, -0.25) is 4.21 Å². The zero-order chi connectivity index (χ0) is 14.8. The predicted molar refractivity (Wildman–Crippen MR) is 86.0 cm³/mol. The number of nitrogens with two attached hydrogens (primary N) is 1. The molecule has 3 atom stereocenters. The molecule has 0 saturated heterocycles. The highest BCUT2D eigenvalue weighted by Gasteiger charge is 2.32. The summed E-state index contributed by atoms with van der Waals surface area (Å²) in [6.07, 6.45) is 0. The van der Waals surface area contributed by atoms with Gasteiger partial charge in [-0.15, -0.1) is 0 Å². The van der Waals surface area contributed by atoms with E-state index in [0.29, 0.717) is 17.4 Å². The molecule has 0 amide bonds. The van der Waals surface area contributed by atoms with Gasteiger partial charge < -0.3 is 10.5 Å². The Morgan fingerprint density at radius 2 is 1.90 bits per heavy atom. The van der Waals surface area contributed by atoms with E-state index in [4.69, 9.17) is 22.1 Å². The van der Waals surface area contributed by atoms with Crippen LogP contribution in [0.4, 0.5) is 0 Å². The van der Waals surface area contributed by atoms with Crippen LogP contribution in [0.1, 0.15) is 17.2 Å². The minimum atomic E-state index is -1.14. The van der Waals surface area contributed by atoms with Crippen molar-refractivity contribution in [3.05, 3.63) is 64.7 Å². The Labute approximate surface area is 131 Å². The lowest BCUT2D eigenvalue weighted by Gasteiger charge is -2.30. The van der Waals surface area contributed by atoms with Crippen LogP contribution in [0.15, 0.2) is 48.5 Å². The molecular formula is C16H16ClNO2S. The van der Waals surface area contributed by atoms with Crippen LogP contribution in [0, 0.1) is 0 Å². The smallest absolute Gasteiger partial charge is 0.124 e. The molecule has 2 aromatic carbocycles. The van der Waals surface area contributed by atoms with Gasteiger partial charge in [0.1, 0.15) is 12.4 Å². The normalized spacial score (nSPS) is 22.2. The zero-order valence-electron chi connectivity index (χ0n) is 11.4. The number of ether oxygens (including phenoxy) is 1. The average Bonchev–Trinajstić information content (AvgIpc) is 2.50. The molecule has 21 heavy (non-hydrogen) atoms. The maximum absolute atomic E-state index is 12.6. The summed E-state index contributed by atoms with van der Waals surface area (Å²) in [6.45, 7) is 0.370. The molecule has 0 radical (unpaired) electrons. The molecule has 0 saturated carbocycles. The molecule has 0 fully saturated rings. The first-order valence-corrected chi connectivity index (χ1v) is 8.50. The highest BCUT2D eigenvalue weighted by Crippen LogP contribution is 2.33. The molecule has 0 bridgehead atoms. The fourth-order valence-corrected chi connectivity index (χ4v) is 4.23. The van der Waals surface area contributed by atoms with Gasteiger partial charge in [0, 0.05) is 21.4 Å². The van der Waals surface area contributed by atoms with E-state index in [9.17, 15) is 4.21 Å². The van der Waals surface area contributed by atoms with Crippen molar-refractivity contribution in [2.75, 3.05) is 6.61 Å². The third-order valence-corrected chi connectivity index (χ3v) is 5.74. The molecule has 3 nitrogen and oxygen atoms in total. The summed E-state index contributed by atoms with van der Waals surface area (Å²) >= 11 is 6.13. The van der Waals surface area contributed by atoms with Crippen molar-refractivity contribution in [2.45, 2.75) is 17.0 Å². The summed E-state index contributed by atoms with van der Waals surface area (Å²) < 4.78 is 18.3. The molecule has 0 spiro atoms. The fraction of sp³-hybridized carbons (Fsp3) is 0.250. The van der Waals surface area contributed by atoms with E-state index in [-0.39, 0.29) is 11.3 Å². The van der Waals surface area contributed by atoms with E-state index in [1.807, 2.05) is 42.5 Å². The SMILES string of the molecule is NC1c2ccccc2OCC1S(=O)Cc1ccccc1Cl. The molecule has 2 N–H and O–H groups in total. The number of fused-ring (bicyclic) bond motifs is 1. The highest BCUT2D eigenvalue weighted by atomic mass is 35.5. The topological polar surface area (TPSA) is 52.3 Å². The monoisotopic (exact) mass is 321 g/mol. The van der Waals surface area contributed by atoms with E-state index >= 15 is 0 Å². The predicted octanol–water partition coefficient (Wildman–Crippen LogP) is 3.05. The number of benzene rings is 2. The van der Waals surface area contributed by atoms with Gasteiger partial charge in [-0.1, -0.05) is 48.0 Å². The lowest BCUT2D eigenvalue weighted by Crippen LogP contribution is -2.39. The first-order chi connectivity index (χ1) is 10.2. The molecule has 5 heteroatoms. The van der Waals surface area contributed by atoms with Crippen molar-refractivity contribution in [1.82, 2.24) is 0 Å². The minimum absolute atomic E-state index is 0.226. The van der Waals surface area contributed by atoms with Gasteiger partial charge in [-0.2, -0.15) is 0 Å². The summed E-state index contributed by atoms with van der Waals surface area (Å²) in [5.41, 5.74) is 8.07. The fourth-order valence-electron chi connectivity index (χ4n) is 2.48. The maximum atomic E-state index is 12.6. The first kappa shape index (κ1) is 14.6. The van der Waals surface area contributed by atoms with Crippen molar-refractivity contribution in [3.8, 4) is 5.75 Å². The molecule has 3 unspecified atom stereocenters. The molecule has 2 aromatic rings. The van der Waals surface area contributed by atoms with Gasteiger partial charge in [-0.25, -0.2) is 0 Å². The van der Waals surface area contributed by atoms with Gasteiger partial charge in [0.25, 0.3) is 0 Å². The zero-order valence-corrected chi connectivity index (χ0v) is 12.9. The Kier molecular flexibility index (Phi) is 4.29. The molecule has 1 heterocycles. The van der Waals surface area contributed by atoms with Crippen molar-refractivity contribution >= 4 is 22.4 Å². The van der Waals surface area contributed by atoms with Crippen molar-refractivity contribution in [2.24, 2.45) is 5.73 Å². The van der Waals surface area contributed by atoms with Gasteiger partial charge >= 0.3 is 0 Å². The number of hydrogen-bond donors (Lipinski definition) is 1. The number of hydrogen-bond acceptors (Lipinski definition) is 3. The third kappa shape index (κ3) is 2.98. The first-order valence-electron chi connectivity index (χ1n) is 6.74. The molecule has 0 aliphatic carbocycles. The second-order valence-electron chi connectivity index (χ2n) is 5.03. The number of rotatable bonds is 3. The largest absolute Gasteiger partial charge is 0.492 e. The summed E-state index contributed by atoms with van der Waals surface area (Å²) in [5.74, 6) is 1.18. The standard InChI is InChI=1S/C16H16ClNO2S/c17-13-7-3-1-5-11(13)10-21(19)15-9-20-14-8-4-2-6-12(14)16(15)18/h1-8,15-16H,9-10,18H2. The van der Waals surface area contributed by atoms with Crippen molar-refractivity contribution < 1.29 is 8.95 Å². The summed E-state index contributed by atoms with van der Waals surface area (Å²) in [5, 5.41) is 0.410. The van der Waals surface area contributed by atoms with Crippen LogP contribution in [0.25, 0.3) is 0 Å². The molecule has 1 aliphatic rings. The molecule has 3 rings (SSSR count). The summed E-state index contributed by atoms with van der Waals surface area (Å²) in [7, 11) is -1.14. The van der Waals surface area contributed by atoms with Crippen LogP contribution < -0.4 is 10.5 Å². The maximum Gasteiger partial charge on any atom is 0.124 e. The van der Waals surface area contributed by atoms with Crippen LogP contribution in [0.3, 0.4) is 0 Å². The van der Waals surface area contributed by atoms with Crippen LogP contribution in [0.2, 0.25) is 5.02 Å². The Hall–Kier alpha value is -1.36. The minimum Gasteiger partial charge on any atom is -0.492 e. The van der Waals surface area contributed by atoms with E-state index in [1.165, 1.54) is 0 Å². The Morgan fingerprint density at radius 3 is 2.71 bits per heavy atom. The summed E-state index contributed by atoms with van der Waals surface area (Å²) in [4.78, 5) is 0. The number of para-hydroxylation sites is 1. The van der Waals surface area contributed by atoms with Crippen LogP contribution in [0.5, 0.6) is 5.75 Å². The summed E-state index contributed by atoms with van der Waals surface area (Å²) in [6, 6.07) is 14.8. The van der Waals surface area contributed by atoms with Crippen LogP contribution in [-0.4, -0.2) is 16.1 Å².